The maximum atomic E-state index is 11.8. The van der Waals surface area contributed by atoms with Gasteiger partial charge in [-0.15, -0.1) is 0 Å². The first-order valence-electron chi connectivity index (χ1n) is 5.94. The first kappa shape index (κ1) is 15.5. The molecule has 0 bridgehead atoms. The molecule has 0 atom stereocenters. The predicted molar refractivity (Wildman–Crippen MR) is 67.9 cm³/mol. The second kappa shape index (κ2) is 6.03. The van der Waals surface area contributed by atoms with Crippen molar-refractivity contribution in [2.45, 2.75) is 13.0 Å². The minimum absolute atomic E-state index is 0. The van der Waals surface area contributed by atoms with Crippen molar-refractivity contribution in [1.82, 2.24) is 19.1 Å². The summed E-state index contributed by atoms with van der Waals surface area (Å²) in [7, 11) is 5.86. The van der Waals surface area contributed by atoms with E-state index >= 15 is 0 Å². The Kier molecular flexibility index (Phi) is 4.90. The van der Waals surface area contributed by atoms with Crippen LogP contribution in [0, 0.1) is 0 Å². The summed E-state index contributed by atoms with van der Waals surface area (Å²) in [5.41, 5.74) is 0.122. The summed E-state index contributed by atoms with van der Waals surface area (Å²) in [6, 6.07) is 0. The maximum absolute atomic E-state index is 11.8. The van der Waals surface area contributed by atoms with E-state index in [-0.39, 0.29) is 23.7 Å². The Morgan fingerprint density at radius 3 is 2.68 bits per heavy atom. The minimum atomic E-state index is -0.389. The zero-order chi connectivity index (χ0) is 13.3. The Bertz CT molecular complexity index is 670. The maximum Gasteiger partial charge on any atom is 0.330 e. The van der Waals surface area contributed by atoms with Crippen molar-refractivity contribution >= 4 is 11.2 Å². The van der Waals surface area contributed by atoms with Gasteiger partial charge in [-0.25, -0.2) is 9.78 Å². The summed E-state index contributed by atoms with van der Waals surface area (Å²) < 4.78 is 3.15. The highest BCUT2D eigenvalue weighted by Gasteiger charge is 2.11. The van der Waals surface area contributed by atoms with Gasteiger partial charge in [-0.1, -0.05) is 0 Å². The van der Waals surface area contributed by atoms with Crippen LogP contribution in [-0.4, -0.2) is 39.7 Å². The van der Waals surface area contributed by atoms with Crippen molar-refractivity contribution in [3.05, 3.63) is 27.2 Å². The molecule has 2 N–H and O–H groups in total. The highest BCUT2D eigenvalue weighted by molar-refractivity contribution is 5.69. The Morgan fingerprint density at radius 2 is 2.05 bits per heavy atom. The molecule has 8 heteroatoms. The molecule has 19 heavy (non-hydrogen) atoms. The molecule has 0 fully saturated rings. The van der Waals surface area contributed by atoms with Gasteiger partial charge in [0, 0.05) is 20.0 Å². The Hall–Kier alpha value is -1.60. The van der Waals surface area contributed by atoms with E-state index in [1.165, 1.54) is 9.47 Å². The molecule has 2 aromatic heterocycles. The van der Waals surface area contributed by atoms with Crippen LogP contribution < -0.4 is 28.6 Å². The lowest BCUT2D eigenvalue weighted by Gasteiger charge is -2.08. The lowest BCUT2D eigenvalue weighted by atomic mass is 10.4. The normalized spacial score (nSPS) is 10.9. The average Bonchev–Trinajstić information content (AvgIpc) is 2.65. The first-order chi connectivity index (χ1) is 8.50. The number of H-pyrrole nitrogens is 1. The number of fused-ring (bicyclic) bond motifs is 1. The highest BCUT2D eigenvalue weighted by Crippen LogP contribution is 2.03. The fourth-order valence-electron chi connectivity index (χ4n) is 2.00. The standard InChI is InChI=1S/C11H17N5O2.ClH/c1-14(2)5-4-6-16-9-8(15(3)7-12-9)10(17)13-11(16)18;/h7H,4-6H2,1-3H3,(H,13,17,18);1H. The number of halogens is 1. The fourth-order valence-corrected chi connectivity index (χ4v) is 2.00. The SMILES string of the molecule is Cn1cnc2c1c(=O)[nH]c(=O)n2CCC[NH+](C)C.[Cl-]. The van der Waals surface area contributed by atoms with Crippen molar-refractivity contribution < 1.29 is 17.3 Å². The van der Waals surface area contributed by atoms with E-state index < -0.39 is 0 Å². The summed E-state index contributed by atoms with van der Waals surface area (Å²) in [5, 5.41) is 0. The predicted octanol–water partition coefficient (Wildman–Crippen LogP) is -5.04. The van der Waals surface area contributed by atoms with Gasteiger partial charge in [0.25, 0.3) is 5.56 Å². The van der Waals surface area contributed by atoms with Crippen molar-refractivity contribution in [3.63, 3.8) is 0 Å². The van der Waals surface area contributed by atoms with Gasteiger partial charge in [-0.2, -0.15) is 0 Å². The largest absolute Gasteiger partial charge is 1.00 e. The molecule has 2 heterocycles. The molecule has 0 aliphatic heterocycles. The van der Waals surface area contributed by atoms with Crippen LogP contribution in [0.5, 0.6) is 0 Å². The van der Waals surface area contributed by atoms with E-state index in [1.807, 2.05) is 0 Å². The quantitative estimate of drug-likeness (QED) is 0.591. The van der Waals surface area contributed by atoms with Crippen LogP contribution in [0.15, 0.2) is 15.9 Å². The molecule has 2 rings (SSSR count). The molecule has 0 aromatic carbocycles. The molecule has 7 nitrogen and oxygen atoms in total. The second-order valence-electron chi connectivity index (χ2n) is 4.75. The summed E-state index contributed by atoms with van der Waals surface area (Å²) in [4.78, 5) is 31.3. The summed E-state index contributed by atoms with van der Waals surface area (Å²) in [6.45, 7) is 1.52. The van der Waals surface area contributed by atoms with Crippen LogP contribution in [0.4, 0.5) is 0 Å². The van der Waals surface area contributed by atoms with Gasteiger partial charge in [0.2, 0.25) is 0 Å². The number of quaternary nitrogens is 1. The molecule has 0 amide bonds. The van der Waals surface area contributed by atoms with Crippen LogP contribution >= 0.6 is 0 Å². The molecular weight excluding hydrogens is 270 g/mol. The molecule has 0 saturated carbocycles. The Balaban J connectivity index is 0.00000180. The van der Waals surface area contributed by atoms with Crippen LogP contribution in [-0.2, 0) is 13.6 Å². The number of aromatic amines is 1. The van der Waals surface area contributed by atoms with Gasteiger partial charge >= 0.3 is 5.69 Å². The summed E-state index contributed by atoms with van der Waals surface area (Å²) in [6.07, 6.45) is 2.41. The van der Waals surface area contributed by atoms with Gasteiger partial charge in [-0.3, -0.25) is 14.3 Å². The molecule has 0 aliphatic rings. The average molecular weight is 288 g/mol. The topological polar surface area (TPSA) is 77.1 Å². The third-order valence-corrected chi connectivity index (χ3v) is 2.91. The van der Waals surface area contributed by atoms with E-state index in [1.54, 1.807) is 17.9 Å². The number of rotatable bonds is 4. The smallest absolute Gasteiger partial charge is 0.330 e. The number of nitrogens with one attached hydrogen (secondary N) is 2. The molecule has 106 valence electrons. The third kappa shape index (κ3) is 3.05. The van der Waals surface area contributed by atoms with E-state index in [4.69, 9.17) is 0 Å². The molecule has 0 spiro atoms. The van der Waals surface area contributed by atoms with Gasteiger partial charge in [0.05, 0.1) is 27.0 Å². The minimum Gasteiger partial charge on any atom is -1.00 e. The lowest BCUT2D eigenvalue weighted by molar-refractivity contribution is -0.858. The van der Waals surface area contributed by atoms with E-state index in [0.717, 1.165) is 13.0 Å². The first-order valence-corrected chi connectivity index (χ1v) is 5.94. The van der Waals surface area contributed by atoms with Gasteiger partial charge in [0.1, 0.15) is 0 Å². The summed E-state index contributed by atoms with van der Waals surface area (Å²) in [5.74, 6) is 0. The van der Waals surface area contributed by atoms with Crippen LogP contribution in [0.25, 0.3) is 11.2 Å². The zero-order valence-corrected chi connectivity index (χ0v) is 12.0. The van der Waals surface area contributed by atoms with E-state index in [9.17, 15) is 9.59 Å². The van der Waals surface area contributed by atoms with Crippen LogP contribution in [0.3, 0.4) is 0 Å². The number of nitrogens with zero attached hydrogens (tertiary/aromatic N) is 3. The van der Waals surface area contributed by atoms with Crippen LogP contribution in [0.2, 0.25) is 0 Å². The van der Waals surface area contributed by atoms with Crippen LogP contribution in [0.1, 0.15) is 6.42 Å². The monoisotopic (exact) mass is 287 g/mol. The van der Waals surface area contributed by atoms with Gasteiger partial charge in [0.15, 0.2) is 11.2 Å². The molecule has 0 unspecified atom stereocenters. The number of imidazole rings is 1. The Morgan fingerprint density at radius 1 is 1.37 bits per heavy atom. The Labute approximate surface area is 116 Å². The molecule has 0 aliphatic carbocycles. The highest BCUT2D eigenvalue weighted by atomic mass is 35.5. The third-order valence-electron chi connectivity index (χ3n) is 2.91. The lowest BCUT2D eigenvalue weighted by Crippen LogP contribution is -3.05. The molecular formula is C11H18ClN5O2. The number of hydrogen-bond donors (Lipinski definition) is 2. The second-order valence-corrected chi connectivity index (χ2v) is 4.75. The molecule has 0 saturated heterocycles. The zero-order valence-electron chi connectivity index (χ0n) is 11.2. The number of hydrogen-bond acceptors (Lipinski definition) is 3. The van der Waals surface area contributed by atoms with Gasteiger partial charge < -0.3 is 21.9 Å². The van der Waals surface area contributed by atoms with Crippen molar-refractivity contribution in [3.8, 4) is 0 Å². The number of aromatic nitrogens is 4. The van der Waals surface area contributed by atoms with Crippen molar-refractivity contribution in [1.29, 1.82) is 0 Å². The van der Waals surface area contributed by atoms with Gasteiger partial charge in [-0.05, 0) is 0 Å². The van der Waals surface area contributed by atoms with Crippen molar-refractivity contribution in [2.24, 2.45) is 7.05 Å². The summed E-state index contributed by atoms with van der Waals surface area (Å²) >= 11 is 0. The number of aryl methyl sites for hydroxylation is 2. The van der Waals surface area contributed by atoms with E-state index in [0.29, 0.717) is 17.7 Å². The molecule has 0 radical (unpaired) electrons. The van der Waals surface area contributed by atoms with Crippen molar-refractivity contribution in [2.75, 3.05) is 20.6 Å². The molecule has 2 aromatic rings. The van der Waals surface area contributed by atoms with E-state index in [2.05, 4.69) is 24.1 Å². The fraction of sp³-hybridized carbons (Fsp3) is 0.545.